The number of H-pyrrole nitrogens is 1. The molecule has 0 bridgehead atoms. The van der Waals surface area contributed by atoms with Crippen molar-refractivity contribution in [3.63, 3.8) is 0 Å². The fourth-order valence-electron chi connectivity index (χ4n) is 2.86. The molecule has 116 valence electrons. The van der Waals surface area contributed by atoms with Crippen molar-refractivity contribution < 1.29 is 4.79 Å². The first-order valence-electron chi connectivity index (χ1n) is 7.63. The molecule has 1 aliphatic heterocycles. The van der Waals surface area contributed by atoms with Crippen LogP contribution in [0.1, 0.15) is 29.0 Å². The van der Waals surface area contributed by atoms with E-state index >= 15 is 0 Å². The quantitative estimate of drug-likeness (QED) is 0.776. The van der Waals surface area contributed by atoms with Gasteiger partial charge in [0.05, 0.1) is 6.20 Å². The van der Waals surface area contributed by atoms with Crippen molar-refractivity contribution >= 4 is 11.7 Å². The normalized spacial score (nSPS) is 13.6. The Kier molecular flexibility index (Phi) is 3.38. The van der Waals surface area contributed by atoms with Gasteiger partial charge in [-0.1, -0.05) is 12.1 Å². The number of fused-ring (bicyclic) bond motifs is 1. The second-order valence-corrected chi connectivity index (χ2v) is 5.54. The lowest BCUT2D eigenvalue weighted by molar-refractivity contribution is 0.102. The standard InChI is InChI=1S/C16H16N6O/c23-16(20-14-9-17-13-6-1-2-7-22(13)14)12-5-3-4-11(8-12)15-18-10-19-21-15/h3-5,8-10H,1-2,6-7H2,(H,20,23)(H,18,19,21). The average Bonchev–Trinajstić information content (AvgIpc) is 3.25. The number of carbonyl (C=O) groups excluding carboxylic acids is 1. The fourth-order valence-corrected chi connectivity index (χ4v) is 2.86. The van der Waals surface area contributed by atoms with Gasteiger partial charge in [-0.25, -0.2) is 9.97 Å². The number of aromatic amines is 1. The number of hydrogen-bond donors (Lipinski definition) is 2. The maximum absolute atomic E-state index is 12.5. The Bertz CT molecular complexity index is 836. The molecule has 0 fully saturated rings. The molecule has 3 heterocycles. The third-order valence-electron chi connectivity index (χ3n) is 4.03. The fraction of sp³-hybridized carbons (Fsp3) is 0.250. The summed E-state index contributed by atoms with van der Waals surface area (Å²) >= 11 is 0. The predicted molar refractivity (Wildman–Crippen MR) is 84.9 cm³/mol. The molecule has 1 aromatic carbocycles. The number of hydrogen-bond acceptors (Lipinski definition) is 4. The zero-order chi connectivity index (χ0) is 15.6. The van der Waals surface area contributed by atoms with Gasteiger partial charge in [0.25, 0.3) is 5.91 Å². The van der Waals surface area contributed by atoms with Gasteiger partial charge in [-0.05, 0) is 25.0 Å². The van der Waals surface area contributed by atoms with Gasteiger partial charge in [0.15, 0.2) is 5.82 Å². The highest BCUT2D eigenvalue weighted by Crippen LogP contribution is 2.21. The number of imidazole rings is 1. The highest BCUT2D eigenvalue weighted by molar-refractivity contribution is 6.04. The van der Waals surface area contributed by atoms with Gasteiger partial charge in [-0.2, -0.15) is 5.10 Å². The average molecular weight is 308 g/mol. The summed E-state index contributed by atoms with van der Waals surface area (Å²) in [5, 5.41) is 9.59. The predicted octanol–water partition coefficient (Wildman–Crippen LogP) is 2.26. The second kappa shape index (κ2) is 5.68. The number of nitrogens with one attached hydrogen (secondary N) is 2. The molecule has 0 atom stereocenters. The molecule has 3 aromatic rings. The molecule has 2 N–H and O–H groups in total. The molecule has 7 heteroatoms. The second-order valence-electron chi connectivity index (χ2n) is 5.54. The van der Waals surface area contributed by atoms with Crippen LogP contribution in [0.2, 0.25) is 0 Å². The molecule has 1 aliphatic rings. The summed E-state index contributed by atoms with van der Waals surface area (Å²) in [4.78, 5) is 21.0. The van der Waals surface area contributed by atoms with Crippen molar-refractivity contribution in [1.82, 2.24) is 24.7 Å². The van der Waals surface area contributed by atoms with E-state index < -0.39 is 0 Å². The minimum absolute atomic E-state index is 0.153. The van der Waals surface area contributed by atoms with Gasteiger partial charge in [0.1, 0.15) is 18.0 Å². The van der Waals surface area contributed by atoms with Crippen LogP contribution in [-0.4, -0.2) is 30.6 Å². The number of aryl methyl sites for hydroxylation is 1. The summed E-state index contributed by atoms with van der Waals surface area (Å²) < 4.78 is 2.09. The molecule has 1 amide bonds. The first-order chi connectivity index (χ1) is 11.3. The lowest BCUT2D eigenvalue weighted by Crippen LogP contribution is -2.18. The van der Waals surface area contributed by atoms with Gasteiger partial charge in [0, 0.05) is 24.1 Å². The van der Waals surface area contributed by atoms with Crippen molar-refractivity contribution in [2.45, 2.75) is 25.8 Å². The minimum atomic E-state index is -0.153. The van der Waals surface area contributed by atoms with E-state index in [9.17, 15) is 4.79 Å². The highest BCUT2D eigenvalue weighted by atomic mass is 16.1. The summed E-state index contributed by atoms with van der Waals surface area (Å²) in [5.41, 5.74) is 1.40. The number of aromatic nitrogens is 5. The van der Waals surface area contributed by atoms with Gasteiger partial charge in [0.2, 0.25) is 0 Å². The lowest BCUT2D eigenvalue weighted by Gasteiger charge is -2.16. The van der Waals surface area contributed by atoms with E-state index in [1.165, 1.54) is 6.33 Å². The largest absolute Gasteiger partial charge is 0.315 e. The SMILES string of the molecule is O=C(Nc1cnc2n1CCCC2)c1cccc(-c2ncn[nH]2)c1. The van der Waals surface area contributed by atoms with E-state index in [1.54, 1.807) is 18.3 Å². The molecule has 7 nitrogen and oxygen atoms in total. The zero-order valence-corrected chi connectivity index (χ0v) is 12.5. The van der Waals surface area contributed by atoms with Crippen LogP contribution >= 0.6 is 0 Å². The van der Waals surface area contributed by atoms with E-state index in [1.807, 2.05) is 12.1 Å². The molecule has 4 rings (SSSR count). The topological polar surface area (TPSA) is 88.5 Å². The molecule has 23 heavy (non-hydrogen) atoms. The molecule has 0 saturated heterocycles. The third kappa shape index (κ3) is 2.61. The Morgan fingerprint density at radius 1 is 1.26 bits per heavy atom. The number of rotatable bonds is 3. The molecule has 0 spiro atoms. The lowest BCUT2D eigenvalue weighted by atomic mass is 10.1. The number of nitrogens with zero attached hydrogens (tertiary/aromatic N) is 4. The van der Waals surface area contributed by atoms with E-state index in [0.717, 1.165) is 43.0 Å². The Balaban J connectivity index is 1.58. The van der Waals surface area contributed by atoms with Crippen molar-refractivity contribution in [3.8, 4) is 11.4 Å². The Morgan fingerprint density at radius 2 is 2.22 bits per heavy atom. The van der Waals surface area contributed by atoms with E-state index in [4.69, 9.17) is 0 Å². The van der Waals surface area contributed by atoms with Crippen LogP contribution in [0.4, 0.5) is 5.82 Å². The molecular weight excluding hydrogens is 292 g/mol. The van der Waals surface area contributed by atoms with Gasteiger partial charge >= 0.3 is 0 Å². The van der Waals surface area contributed by atoms with Crippen LogP contribution < -0.4 is 5.32 Å². The number of amides is 1. The molecule has 0 saturated carbocycles. The summed E-state index contributed by atoms with van der Waals surface area (Å²) in [6.45, 7) is 0.906. The summed E-state index contributed by atoms with van der Waals surface area (Å²) in [7, 11) is 0. The Morgan fingerprint density at radius 3 is 3.09 bits per heavy atom. The third-order valence-corrected chi connectivity index (χ3v) is 4.03. The van der Waals surface area contributed by atoms with Gasteiger partial charge in [-0.15, -0.1) is 0 Å². The minimum Gasteiger partial charge on any atom is -0.315 e. The summed E-state index contributed by atoms with van der Waals surface area (Å²) in [6.07, 6.45) is 6.42. The van der Waals surface area contributed by atoms with Crippen LogP contribution in [0.25, 0.3) is 11.4 Å². The summed E-state index contributed by atoms with van der Waals surface area (Å²) in [5.74, 6) is 2.29. The van der Waals surface area contributed by atoms with Gasteiger partial charge in [-0.3, -0.25) is 9.89 Å². The molecular formula is C16H16N6O. The zero-order valence-electron chi connectivity index (χ0n) is 12.5. The van der Waals surface area contributed by atoms with Crippen LogP contribution in [0.15, 0.2) is 36.8 Å². The Hall–Kier alpha value is -2.96. The van der Waals surface area contributed by atoms with Crippen LogP contribution in [0.5, 0.6) is 0 Å². The molecule has 2 aromatic heterocycles. The van der Waals surface area contributed by atoms with Crippen molar-refractivity contribution in [2.75, 3.05) is 5.32 Å². The number of anilines is 1. The van der Waals surface area contributed by atoms with Crippen molar-refractivity contribution in [2.24, 2.45) is 0 Å². The van der Waals surface area contributed by atoms with E-state index in [0.29, 0.717) is 11.4 Å². The van der Waals surface area contributed by atoms with Crippen LogP contribution in [0.3, 0.4) is 0 Å². The van der Waals surface area contributed by atoms with Crippen molar-refractivity contribution in [3.05, 3.63) is 48.2 Å². The smallest absolute Gasteiger partial charge is 0.256 e. The highest BCUT2D eigenvalue weighted by Gasteiger charge is 2.16. The molecule has 0 aliphatic carbocycles. The number of benzene rings is 1. The first-order valence-corrected chi connectivity index (χ1v) is 7.63. The molecule has 0 radical (unpaired) electrons. The van der Waals surface area contributed by atoms with E-state index in [-0.39, 0.29) is 5.91 Å². The first kappa shape index (κ1) is 13.7. The maximum Gasteiger partial charge on any atom is 0.256 e. The summed E-state index contributed by atoms with van der Waals surface area (Å²) in [6, 6.07) is 7.29. The van der Waals surface area contributed by atoms with Crippen LogP contribution in [-0.2, 0) is 13.0 Å². The molecule has 0 unspecified atom stereocenters. The van der Waals surface area contributed by atoms with Gasteiger partial charge < -0.3 is 9.88 Å². The maximum atomic E-state index is 12.5. The van der Waals surface area contributed by atoms with Crippen LogP contribution in [0, 0.1) is 0 Å². The Labute approximate surface area is 132 Å². The van der Waals surface area contributed by atoms with Crippen molar-refractivity contribution in [1.29, 1.82) is 0 Å². The number of carbonyl (C=O) groups is 1. The van der Waals surface area contributed by atoms with E-state index in [2.05, 4.69) is 30.0 Å². The monoisotopic (exact) mass is 308 g/mol.